The third-order valence-electron chi connectivity index (χ3n) is 20.2. The molecule has 0 spiro atoms. The van der Waals surface area contributed by atoms with E-state index >= 15 is 0 Å². The third kappa shape index (κ3) is 21.4. The maximum absolute atomic E-state index is 14.9. The van der Waals surface area contributed by atoms with Crippen molar-refractivity contribution in [2.75, 3.05) is 46.7 Å². The molecule has 4 aliphatic rings. The minimum Gasteiger partial charge on any atom is -0.453 e. The first-order valence-corrected chi connectivity index (χ1v) is 37.5. The van der Waals surface area contributed by atoms with Crippen LogP contribution in [0.5, 0.6) is 0 Å². The number of aliphatic hydroxyl groups is 3. The predicted octanol–water partition coefficient (Wildman–Crippen LogP) is 10.5. The van der Waals surface area contributed by atoms with Gasteiger partial charge < -0.3 is 96.0 Å². The minimum absolute atomic E-state index is 0.00108. The first-order chi connectivity index (χ1) is 54.6. The van der Waals surface area contributed by atoms with E-state index in [0.29, 0.717) is 0 Å². The molecule has 12 rings (SSSR count). The van der Waals surface area contributed by atoms with Crippen LogP contribution in [0, 0.1) is 17.8 Å². The van der Waals surface area contributed by atoms with Gasteiger partial charge in [0.05, 0.1) is 86.8 Å². The Morgan fingerprint density at radius 1 is 0.366 bits per heavy atom. The molecule has 0 aromatic heterocycles. The van der Waals surface area contributed by atoms with E-state index in [4.69, 9.17) is 75.8 Å². The van der Waals surface area contributed by atoms with E-state index in [-0.39, 0.29) is 75.0 Å². The van der Waals surface area contributed by atoms with Crippen molar-refractivity contribution in [2.45, 2.75) is 152 Å². The smallest absolute Gasteiger partial charge is 0.410 e. The van der Waals surface area contributed by atoms with Crippen molar-refractivity contribution < 1.29 is 115 Å². The Kier molecular flexibility index (Phi) is 29.7. The molecular weight excluding hydrogens is 1440 g/mol. The van der Waals surface area contributed by atoms with Gasteiger partial charge in [-0.25, -0.2) is 24.0 Å². The van der Waals surface area contributed by atoms with Crippen LogP contribution in [0.15, 0.2) is 243 Å². The van der Waals surface area contributed by atoms with Gasteiger partial charge in [0.25, 0.3) is 0 Å². The molecule has 0 aliphatic carbocycles. The second-order valence-electron chi connectivity index (χ2n) is 27.9. The highest BCUT2D eigenvalue weighted by Gasteiger charge is 2.58. The molecule has 0 bridgehead atoms. The van der Waals surface area contributed by atoms with Gasteiger partial charge in [-0.2, -0.15) is 0 Å². The summed E-state index contributed by atoms with van der Waals surface area (Å²) in [7, 11) is 1.44. The summed E-state index contributed by atoms with van der Waals surface area (Å²) >= 11 is 0. The molecule has 25 heteroatoms. The highest BCUT2D eigenvalue weighted by molar-refractivity contribution is 5.91. The molecule has 112 heavy (non-hydrogen) atoms. The number of hydrogen-bond donors (Lipinski definition) is 3. The number of hydrogen-bond acceptors (Lipinski definition) is 24. The van der Waals surface area contributed by atoms with Crippen molar-refractivity contribution in [1.29, 1.82) is 0 Å². The zero-order chi connectivity index (χ0) is 78.3. The number of ether oxygens (including phenoxy) is 16. The monoisotopic (exact) mass is 1540 g/mol. The molecule has 20 atom stereocenters. The Morgan fingerprint density at radius 2 is 0.696 bits per heavy atom. The van der Waals surface area contributed by atoms with Crippen molar-refractivity contribution in [1.82, 2.24) is 4.90 Å². The van der Waals surface area contributed by atoms with Gasteiger partial charge in [-0.05, 0) is 70.8 Å². The van der Waals surface area contributed by atoms with Crippen molar-refractivity contribution in [2.24, 2.45) is 17.8 Å². The molecule has 8 aromatic carbocycles. The number of carbonyl (C=O) groups is 5. The fraction of sp³-hybridized carbons (Fsp3) is 0.391. The molecule has 592 valence electrons. The number of carbonyl (C=O) groups excluding carboxylic acids is 5. The molecule has 3 N–H and O–H groups in total. The van der Waals surface area contributed by atoms with E-state index in [1.54, 1.807) is 130 Å². The molecule has 4 fully saturated rings. The highest BCUT2D eigenvalue weighted by Crippen LogP contribution is 2.42. The lowest BCUT2D eigenvalue weighted by molar-refractivity contribution is -0.382. The van der Waals surface area contributed by atoms with E-state index < -0.39 is 165 Å². The summed E-state index contributed by atoms with van der Waals surface area (Å²) in [4.78, 5) is 74.0. The standard InChI is InChI=1S/C87H95NO24/c1-55-66(48-89)102-85(77(73(55)97-4)108-81(94)64-41-25-11-26-42-64)110-72-57(3)75(107-80(93)63-39-23-10-24-40-63)84(105-69(72)54-99-51-60-33-17-7-18-34-60)112-76-70(91)67(49-90)103-86(78(76)109-82(95)65-43-27-12-28-44-65)111-71-56(2)74(106-79(92)62-37-21-9-22-38-62)83(104-68(71)53-98-50-59-31-15-6-16-32-59)100-46-45-88(47-58-29-13-5-14-30-58)87(96)101-52-61-35-19-8-20-36-61/h5-44,55-57,66-78,83-86,89-91H,45-54H2,1-4H3. The maximum Gasteiger partial charge on any atom is 0.410 e. The van der Waals surface area contributed by atoms with Crippen LogP contribution >= 0.6 is 0 Å². The van der Waals surface area contributed by atoms with Gasteiger partial charge >= 0.3 is 30.0 Å². The molecule has 4 aliphatic heterocycles. The van der Waals surface area contributed by atoms with E-state index in [1.807, 2.05) is 121 Å². The summed E-state index contributed by atoms with van der Waals surface area (Å²) in [6, 6.07) is 69.9. The van der Waals surface area contributed by atoms with Gasteiger partial charge in [0.2, 0.25) is 0 Å². The first-order valence-electron chi connectivity index (χ1n) is 37.5. The molecule has 8 aromatic rings. The first kappa shape index (κ1) is 81.8. The summed E-state index contributed by atoms with van der Waals surface area (Å²) in [5.74, 6) is -5.87. The number of nitrogens with zero attached hydrogens (tertiary/aromatic N) is 1. The number of esters is 4. The quantitative estimate of drug-likeness (QED) is 0.0254. The Hall–Kier alpha value is -9.65. The van der Waals surface area contributed by atoms with Crippen molar-refractivity contribution in [3.63, 3.8) is 0 Å². The molecule has 4 heterocycles. The van der Waals surface area contributed by atoms with Gasteiger partial charge in [0.1, 0.15) is 43.2 Å². The Balaban J connectivity index is 0.905. The minimum atomic E-state index is -1.91. The number of aliphatic hydroxyl groups excluding tert-OH is 3. The summed E-state index contributed by atoms with van der Waals surface area (Å²) in [5, 5.41) is 35.1. The molecule has 0 radical (unpaired) electrons. The topological polar surface area (TPSA) is 297 Å². The molecule has 20 unspecified atom stereocenters. The van der Waals surface area contributed by atoms with E-state index in [0.717, 1.165) is 22.3 Å². The molecule has 1 amide bonds. The van der Waals surface area contributed by atoms with Crippen molar-refractivity contribution in [3.8, 4) is 0 Å². The highest BCUT2D eigenvalue weighted by atomic mass is 16.8. The van der Waals surface area contributed by atoms with Gasteiger partial charge in [0, 0.05) is 38.0 Å². The van der Waals surface area contributed by atoms with Gasteiger partial charge in [-0.15, -0.1) is 0 Å². The summed E-state index contributed by atoms with van der Waals surface area (Å²) in [6.07, 6.45) is -25.3. The van der Waals surface area contributed by atoms with Crippen molar-refractivity contribution >= 4 is 30.0 Å². The number of rotatable bonds is 33. The SMILES string of the molecule is COC1C(C)C(CO)OC(OC2C(COCc3ccccc3)OC(OC3C(O)C(CO)OC(OC4C(COCc5ccccc5)OC(OCCN(Cc5ccccc5)C(=O)OCc5ccccc5)C(OC(=O)c5ccccc5)C4C)C3OC(=O)c3ccccc3)C(OC(=O)c3ccccc3)C2C)C1OC(=O)c1ccccc1. The average Bonchev–Trinajstić information content (AvgIpc) is 0.763. The largest absolute Gasteiger partial charge is 0.453 e. The molecular formula is C87H95NO24. The molecule has 25 nitrogen and oxygen atoms in total. The van der Waals surface area contributed by atoms with Crippen LogP contribution < -0.4 is 0 Å². The summed E-state index contributed by atoms with van der Waals surface area (Å²) in [6.45, 7) is 3.40. The molecule has 0 saturated carbocycles. The number of methoxy groups -OCH3 is 1. The van der Waals surface area contributed by atoms with Gasteiger partial charge in [-0.3, -0.25) is 0 Å². The Labute approximate surface area is 650 Å². The van der Waals surface area contributed by atoms with Crippen LogP contribution in [0.3, 0.4) is 0 Å². The zero-order valence-corrected chi connectivity index (χ0v) is 62.6. The lowest BCUT2D eigenvalue weighted by Crippen LogP contribution is -2.67. The van der Waals surface area contributed by atoms with Crippen LogP contribution in [0.4, 0.5) is 4.79 Å². The Morgan fingerprint density at radius 3 is 1.11 bits per heavy atom. The molecule has 4 saturated heterocycles. The van der Waals surface area contributed by atoms with Crippen LogP contribution in [0.2, 0.25) is 0 Å². The van der Waals surface area contributed by atoms with E-state index in [9.17, 15) is 39.3 Å². The normalized spacial score (nSPS) is 27.7. The van der Waals surface area contributed by atoms with Gasteiger partial charge in [0.15, 0.2) is 49.6 Å². The lowest BCUT2D eigenvalue weighted by atomic mass is 9.88. The summed E-state index contributed by atoms with van der Waals surface area (Å²) in [5.41, 5.74) is 3.77. The summed E-state index contributed by atoms with van der Waals surface area (Å²) < 4.78 is 106. The number of amides is 1. The second kappa shape index (κ2) is 40.7. The lowest BCUT2D eigenvalue weighted by Gasteiger charge is -2.51. The predicted molar refractivity (Wildman–Crippen MR) is 402 cm³/mol. The van der Waals surface area contributed by atoms with Crippen LogP contribution in [0.25, 0.3) is 0 Å². The average molecular weight is 1540 g/mol. The van der Waals surface area contributed by atoms with Gasteiger partial charge in [-0.1, -0.05) is 215 Å². The zero-order valence-electron chi connectivity index (χ0n) is 62.6. The van der Waals surface area contributed by atoms with Crippen molar-refractivity contribution in [3.05, 3.63) is 287 Å². The van der Waals surface area contributed by atoms with E-state index in [1.165, 1.54) is 24.1 Å². The number of benzene rings is 8. The Bertz CT molecular complexity index is 4190. The third-order valence-corrected chi connectivity index (χ3v) is 20.2. The van der Waals surface area contributed by atoms with Crippen LogP contribution in [-0.4, -0.2) is 201 Å². The maximum atomic E-state index is 14.9. The fourth-order valence-electron chi connectivity index (χ4n) is 14.1. The fourth-order valence-corrected chi connectivity index (χ4v) is 14.1. The second-order valence-corrected chi connectivity index (χ2v) is 27.9. The van der Waals surface area contributed by atoms with E-state index in [2.05, 4.69) is 0 Å². The van der Waals surface area contributed by atoms with Crippen LogP contribution in [-0.2, 0) is 102 Å². The van der Waals surface area contributed by atoms with Crippen LogP contribution in [0.1, 0.15) is 84.5 Å².